The predicted octanol–water partition coefficient (Wildman–Crippen LogP) is 13.6. The third-order valence-corrected chi connectivity index (χ3v) is 11.9. The fraction of sp³-hybridized carbons (Fsp3) is 0.898. The first-order valence-corrected chi connectivity index (χ1v) is 26.5. The predicted molar refractivity (Wildman–Crippen MR) is 253 cm³/mol. The number of carbonyl (C=O) groups is 3. The Bertz CT molecular complexity index is 1130. The molecule has 0 fully saturated rings. The number of phosphoric acid groups is 1. The van der Waals surface area contributed by atoms with Gasteiger partial charge in [-0.1, -0.05) is 168 Å². The van der Waals surface area contributed by atoms with Gasteiger partial charge in [0.2, 0.25) is 5.91 Å². The number of hydrogen-bond donors (Lipinski definition) is 2. The minimum Gasteiger partial charge on any atom is -0.462 e. The van der Waals surface area contributed by atoms with Crippen LogP contribution in [0.4, 0.5) is 4.79 Å². The summed E-state index contributed by atoms with van der Waals surface area (Å²) in [6.45, 7) is 15.5. The molecule has 62 heavy (non-hydrogen) atoms. The molecule has 0 rings (SSSR count). The van der Waals surface area contributed by atoms with Crippen LogP contribution in [0, 0.1) is 0 Å². The Hall–Kier alpha value is -1.98. The lowest BCUT2D eigenvalue weighted by Gasteiger charge is -2.23. The molecule has 0 aliphatic rings. The van der Waals surface area contributed by atoms with Crippen LogP contribution in [0.3, 0.4) is 0 Å². The zero-order chi connectivity index (χ0) is 46.0. The minimum atomic E-state index is -4.12. The van der Waals surface area contributed by atoms with Crippen LogP contribution in [0.25, 0.3) is 0 Å². The maximum absolute atomic E-state index is 13.6. The summed E-state index contributed by atoms with van der Waals surface area (Å²) in [7, 11) is -4.12. The van der Waals surface area contributed by atoms with Crippen molar-refractivity contribution in [3.05, 3.63) is 12.7 Å². The van der Waals surface area contributed by atoms with E-state index in [2.05, 4.69) is 38.0 Å². The van der Waals surface area contributed by atoms with Crippen molar-refractivity contribution in [2.45, 2.75) is 245 Å². The van der Waals surface area contributed by atoms with Crippen LogP contribution in [-0.2, 0) is 41.9 Å². The molecular formula is C49H95N2O10P. The second-order valence-corrected chi connectivity index (χ2v) is 19.6. The number of unbranched alkanes of at least 4 members (excludes halogenated alkanes) is 22. The Labute approximate surface area is 379 Å². The van der Waals surface area contributed by atoms with Crippen LogP contribution < -0.4 is 10.6 Å². The molecule has 0 spiro atoms. The van der Waals surface area contributed by atoms with Crippen LogP contribution in [0.1, 0.15) is 228 Å². The van der Waals surface area contributed by atoms with Crippen molar-refractivity contribution in [2.75, 3.05) is 39.6 Å². The van der Waals surface area contributed by atoms with E-state index < -0.39 is 25.6 Å². The topological polar surface area (TPSA) is 148 Å². The molecular weight excluding hydrogens is 808 g/mol. The van der Waals surface area contributed by atoms with E-state index >= 15 is 0 Å². The van der Waals surface area contributed by atoms with E-state index in [1.165, 1.54) is 109 Å². The molecule has 1 unspecified atom stereocenters. The fourth-order valence-electron chi connectivity index (χ4n) is 6.95. The van der Waals surface area contributed by atoms with Crippen LogP contribution in [0.2, 0.25) is 0 Å². The maximum Gasteiger partial charge on any atom is 0.475 e. The molecule has 0 radical (unpaired) electrons. The lowest BCUT2D eigenvalue weighted by molar-refractivity contribution is -0.150. The molecule has 12 nitrogen and oxygen atoms in total. The maximum atomic E-state index is 13.6. The molecule has 2 N–H and O–H groups in total. The molecule has 0 aromatic carbocycles. The number of esters is 1. The first-order valence-electron chi connectivity index (χ1n) is 25.1. The van der Waals surface area contributed by atoms with Gasteiger partial charge in [-0.25, -0.2) is 9.36 Å². The molecule has 0 aliphatic carbocycles. The number of hydrogen-bond acceptors (Lipinski definition) is 10. The summed E-state index contributed by atoms with van der Waals surface area (Å²) < 4.78 is 47.7. The standard InChI is InChI=1S/C49H95N2O10P/c1-8-12-15-18-20-22-23-25-26-29-32-35-46(52)51-44(43-59-62(55,57-39-11-4)58-41-38-50-48(54)61-49(5,6)7)42-56-40-37-45(34-31-28-17-14-10-3)60-47(53)36-33-30-27-24-21-19-16-13-9-2/h11,44-45H,4,8-10,12-43H2,1-3,5-7H3,(H,50,54)(H,51,52)/t44-,45+,62?/m0/s1. The van der Waals surface area contributed by atoms with E-state index in [9.17, 15) is 18.9 Å². The van der Waals surface area contributed by atoms with Crippen molar-refractivity contribution < 1.29 is 46.7 Å². The summed E-state index contributed by atoms with van der Waals surface area (Å²) in [5.41, 5.74) is -0.669. The van der Waals surface area contributed by atoms with Crippen LogP contribution >= 0.6 is 7.82 Å². The highest BCUT2D eigenvalue weighted by atomic mass is 31.2. The average Bonchev–Trinajstić information content (AvgIpc) is 3.22. The first-order chi connectivity index (χ1) is 29.9. The molecule has 3 atom stereocenters. The highest BCUT2D eigenvalue weighted by Crippen LogP contribution is 2.49. The molecule has 0 bridgehead atoms. The highest BCUT2D eigenvalue weighted by Gasteiger charge is 2.29. The molecule has 2 amide bonds. The van der Waals surface area contributed by atoms with Crippen molar-refractivity contribution in [3.63, 3.8) is 0 Å². The largest absolute Gasteiger partial charge is 0.475 e. The van der Waals surface area contributed by atoms with E-state index in [4.69, 9.17) is 27.8 Å². The molecule has 0 heterocycles. The lowest BCUT2D eigenvalue weighted by Crippen LogP contribution is -2.41. The Morgan fingerprint density at radius 2 is 1.11 bits per heavy atom. The van der Waals surface area contributed by atoms with Gasteiger partial charge in [-0.15, -0.1) is 6.58 Å². The zero-order valence-electron chi connectivity index (χ0n) is 40.7. The van der Waals surface area contributed by atoms with Crippen LogP contribution in [0.15, 0.2) is 12.7 Å². The van der Waals surface area contributed by atoms with Crippen molar-refractivity contribution in [1.82, 2.24) is 10.6 Å². The summed E-state index contributed by atoms with van der Waals surface area (Å²) in [6.07, 6.45) is 32.1. The fourth-order valence-corrected chi connectivity index (χ4v) is 8.13. The Balaban J connectivity index is 5.32. The molecule has 366 valence electrons. The quantitative estimate of drug-likeness (QED) is 0.0262. The number of carbonyl (C=O) groups excluding carboxylic acids is 3. The second-order valence-electron chi connectivity index (χ2n) is 17.9. The third-order valence-electron chi connectivity index (χ3n) is 10.5. The summed E-state index contributed by atoms with van der Waals surface area (Å²) in [5.74, 6) is -0.290. The number of ether oxygens (including phenoxy) is 3. The smallest absolute Gasteiger partial charge is 0.462 e. The summed E-state index contributed by atoms with van der Waals surface area (Å²) in [4.78, 5) is 38.1. The summed E-state index contributed by atoms with van der Waals surface area (Å²) >= 11 is 0. The van der Waals surface area contributed by atoms with E-state index in [0.29, 0.717) is 25.9 Å². The Morgan fingerprint density at radius 1 is 0.613 bits per heavy atom. The van der Waals surface area contributed by atoms with E-state index in [-0.39, 0.29) is 51.0 Å². The zero-order valence-corrected chi connectivity index (χ0v) is 41.6. The van der Waals surface area contributed by atoms with Crippen LogP contribution in [0.5, 0.6) is 0 Å². The Kier molecular flexibility index (Phi) is 40.4. The molecule has 0 aromatic heterocycles. The van der Waals surface area contributed by atoms with Crippen molar-refractivity contribution in [3.8, 4) is 0 Å². The van der Waals surface area contributed by atoms with Gasteiger partial charge in [-0.05, 0) is 46.5 Å². The SMILES string of the molecule is C=CCOP(=O)(OCCNC(=O)OC(C)(C)C)OC[C@H](COCC[C@@H](CCCCCCC)OC(=O)CCCCCCCCCCC)NC(=O)CCCCCCCCCCCCC. The van der Waals surface area contributed by atoms with Gasteiger partial charge < -0.3 is 24.8 Å². The highest BCUT2D eigenvalue weighted by molar-refractivity contribution is 7.48. The van der Waals surface area contributed by atoms with Crippen molar-refractivity contribution in [2.24, 2.45) is 0 Å². The summed E-state index contributed by atoms with van der Waals surface area (Å²) in [6, 6.07) is -0.652. The van der Waals surface area contributed by atoms with Gasteiger partial charge in [0, 0.05) is 25.8 Å². The molecule has 0 saturated heterocycles. The second kappa shape index (κ2) is 41.7. The van der Waals surface area contributed by atoms with Crippen molar-refractivity contribution in [1.29, 1.82) is 0 Å². The number of amides is 2. The molecule has 13 heteroatoms. The van der Waals surface area contributed by atoms with E-state index in [0.717, 1.165) is 64.2 Å². The van der Waals surface area contributed by atoms with Gasteiger partial charge in [0.15, 0.2) is 0 Å². The van der Waals surface area contributed by atoms with Gasteiger partial charge in [-0.3, -0.25) is 23.2 Å². The molecule has 0 aliphatic heterocycles. The number of alkyl carbamates (subject to hydrolysis) is 1. The third kappa shape index (κ3) is 40.8. The lowest BCUT2D eigenvalue weighted by atomic mass is 10.1. The number of rotatable bonds is 45. The van der Waals surface area contributed by atoms with E-state index in [1.54, 1.807) is 20.8 Å². The number of phosphoric ester groups is 1. The van der Waals surface area contributed by atoms with Gasteiger partial charge in [0.25, 0.3) is 0 Å². The van der Waals surface area contributed by atoms with E-state index in [1.807, 2.05) is 0 Å². The monoisotopic (exact) mass is 903 g/mol. The summed E-state index contributed by atoms with van der Waals surface area (Å²) in [5, 5.41) is 5.57. The van der Waals surface area contributed by atoms with Gasteiger partial charge in [0.1, 0.15) is 11.7 Å². The van der Waals surface area contributed by atoms with Gasteiger partial charge in [0.05, 0.1) is 39.1 Å². The van der Waals surface area contributed by atoms with Crippen LogP contribution in [-0.4, -0.2) is 75.3 Å². The minimum absolute atomic E-state index is 0.00544. The molecule has 0 saturated carbocycles. The van der Waals surface area contributed by atoms with Gasteiger partial charge >= 0.3 is 19.9 Å². The normalized spacial score (nSPS) is 13.6. The number of nitrogens with one attached hydrogen (secondary N) is 2. The Morgan fingerprint density at radius 3 is 1.63 bits per heavy atom. The van der Waals surface area contributed by atoms with Crippen molar-refractivity contribution >= 4 is 25.8 Å². The van der Waals surface area contributed by atoms with Gasteiger partial charge in [-0.2, -0.15) is 0 Å². The first kappa shape index (κ1) is 60.0. The molecule has 0 aromatic rings. The average molecular weight is 903 g/mol.